The zero-order chi connectivity index (χ0) is 13.7. The summed E-state index contributed by atoms with van der Waals surface area (Å²) in [7, 11) is 0. The molecular formula is C15H19N3O. The molecule has 4 heteroatoms. The van der Waals surface area contributed by atoms with Crippen molar-refractivity contribution in [2.45, 2.75) is 26.2 Å². The zero-order valence-electron chi connectivity index (χ0n) is 11.2. The summed E-state index contributed by atoms with van der Waals surface area (Å²) in [6.07, 6.45) is 2.56. The van der Waals surface area contributed by atoms with E-state index in [1.807, 2.05) is 29.2 Å². The Hall–Kier alpha value is -2.02. The molecular weight excluding hydrogens is 238 g/mol. The second-order valence-electron chi connectivity index (χ2n) is 5.13. The molecule has 0 aliphatic carbocycles. The third kappa shape index (κ3) is 3.72. The third-order valence-corrected chi connectivity index (χ3v) is 3.56. The van der Waals surface area contributed by atoms with Gasteiger partial charge in [-0.15, -0.1) is 0 Å². The van der Waals surface area contributed by atoms with Crippen LogP contribution in [0.25, 0.3) is 0 Å². The molecule has 1 N–H and O–H groups in total. The molecule has 2 amide bonds. The number of hydrogen-bond donors (Lipinski definition) is 1. The van der Waals surface area contributed by atoms with Crippen LogP contribution in [-0.4, -0.2) is 24.0 Å². The summed E-state index contributed by atoms with van der Waals surface area (Å²) in [6, 6.07) is 9.51. The maximum Gasteiger partial charge on any atom is 0.321 e. The number of nitrogens with one attached hydrogen (secondary N) is 1. The molecule has 1 fully saturated rings. The summed E-state index contributed by atoms with van der Waals surface area (Å²) in [5.41, 5.74) is 1.75. The second kappa shape index (κ2) is 6.24. The van der Waals surface area contributed by atoms with Crippen molar-refractivity contribution in [2.75, 3.05) is 18.4 Å². The van der Waals surface area contributed by atoms with Gasteiger partial charge in [0.25, 0.3) is 0 Å². The first kappa shape index (κ1) is 13.4. The number of amides is 2. The molecule has 2 rings (SSSR count). The molecule has 0 aromatic heterocycles. The molecule has 19 heavy (non-hydrogen) atoms. The molecule has 1 saturated heterocycles. The first-order valence-electron chi connectivity index (χ1n) is 6.71. The van der Waals surface area contributed by atoms with Crippen LogP contribution < -0.4 is 5.32 Å². The van der Waals surface area contributed by atoms with Crippen molar-refractivity contribution in [3.05, 3.63) is 29.8 Å². The van der Waals surface area contributed by atoms with Gasteiger partial charge in [-0.3, -0.25) is 0 Å². The Morgan fingerprint density at radius 3 is 2.58 bits per heavy atom. The number of benzene rings is 1. The van der Waals surface area contributed by atoms with Gasteiger partial charge in [0.05, 0.1) is 12.5 Å². The highest BCUT2D eigenvalue weighted by atomic mass is 16.2. The topological polar surface area (TPSA) is 56.1 Å². The fourth-order valence-corrected chi connectivity index (χ4v) is 2.21. The van der Waals surface area contributed by atoms with Crippen LogP contribution in [0.2, 0.25) is 0 Å². The lowest BCUT2D eigenvalue weighted by atomic mass is 10.00. The summed E-state index contributed by atoms with van der Waals surface area (Å²) in [4.78, 5) is 13.9. The van der Waals surface area contributed by atoms with Crippen LogP contribution in [0.3, 0.4) is 0 Å². The van der Waals surface area contributed by atoms with Gasteiger partial charge in [0, 0.05) is 18.8 Å². The van der Waals surface area contributed by atoms with Crippen molar-refractivity contribution >= 4 is 11.7 Å². The van der Waals surface area contributed by atoms with Gasteiger partial charge in [-0.1, -0.05) is 19.1 Å². The van der Waals surface area contributed by atoms with Gasteiger partial charge < -0.3 is 10.2 Å². The number of piperidine rings is 1. The monoisotopic (exact) mass is 257 g/mol. The lowest BCUT2D eigenvalue weighted by molar-refractivity contribution is 0.186. The van der Waals surface area contributed by atoms with E-state index < -0.39 is 0 Å². The van der Waals surface area contributed by atoms with E-state index in [0.29, 0.717) is 12.3 Å². The number of carbonyl (C=O) groups is 1. The van der Waals surface area contributed by atoms with Crippen LogP contribution in [0.5, 0.6) is 0 Å². The molecule has 4 nitrogen and oxygen atoms in total. The lowest BCUT2D eigenvalue weighted by Crippen LogP contribution is -2.40. The lowest BCUT2D eigenvalue weighted by Gasteiger charge is -2.30. The van der Waals surface area contributed by atoms with Gasteiger partial charge in [0.15, 0.2) is 0 Å². The second-order valence-corrected chi connectivity index (χ2v) is 5.13. The molecule has 1 heterocycles. The van der Waals surface area contributed by atoms with E-state index in [4.69, 9.17) is 5.26 Å². The quantitative estimate of drug-likeness (QED) is 0.885. The number of nitrogens with zero attached hydrogens (tertiary/aromatic N) is 2. The Labute approximate surface area is 114 Å². The molecule has 1 aromatic rings. The van der Waals surface area contributed by atoms with E-state index >= 15 is 0 Å². The van der Waals surface area contributed by atoms with Gasteiger partial charge in [-0.05, 0) is 36.5 Å². The van der Waals surface area contributed by atoms with Gasteiger partial charge in [-0.2, -0.15) is 5.26 Å². The summed E-state index contributed by atoms with van der Waals surface area (Å²) in [5, 5.41) is 11.5. The van der Waals surface area contributed by atoms with Crippen molar-refractivity contribution in [1.29, 1.82) is 5.26 Å². The Morgan fingerprint density at radius 1 is 1.37 bits per heavy atom. The van der Waals surface area contributed by atoms with Crippen LogP contribution in [0.4, 0.5) is 10.5 Å². The molecule has 1 aliphatic heterocycles. The number of hydrogen-bond acceptors (Lipinski definition) is 2. The maximum atomic E-state index is 12.0. The van der Waals surface area contributed by atoms with E-state index in [-0.39, 0.29) is 6.03 Å². The standard InChI is InChI=1S/C15H19N3O/c1-12-7-10-18(11-8-12)15(19)17-14-4-2-13(3-5-14)6-9-16/h2-5,12H,6-8,10-11H2,1H3,(H,17,19). The van der Waals surface area contributed by atoms with Crippen molar-refractivity contribution in [1.82, 2.24) is 4.90 Å². The van der Waals surface area contributed by atoms with Crippen molar-refractivity contribution in [2.24, 2.45) is 5.92 Å². The number of likely N-dealkylation sites (tertiary alicyclic amines) is 1. The van der Waals surface area contributed by atoms with Crippen LogP contribution in [0.1, 0.15) is 25.3 Å². The van der Waals surface area contributed by atoms with E-state index in [1.54, 1.807) is 0 Å². The van der Waals surface area contributed by atoms with E-state index in [1.165, 1.54) is 0 Å². The van der Waals surface area contributed by atoms with E-state index in [9.17, 15) is 4.79 Å². The molecule has 1 aromatic carbocycles. The van der Waals surface area contributed by atoms with E-state index in [0.717, 1.165) is 37.2 Å². The Kier molecular flexibility index (Phi) is 4.40. The summed E-state index contributed by atoms with van der Waals surface area (Å²) in [6.45, 7) is 3.89. The predicted octanol–water partition coefficient (Wildman–Crippen LogP) is 3.02. The van der Waals surface area contributed by atoms with Gasteiger partial charge in [-0.25, -0.2) is 4.79 Å². The molecule has 0 radical (unpaired) electrons. The van der Waals surface area contributed by atoms with Gasteiger partial charge in [0.2, 0.25) is 0 Å². The zero-order valence-corrected chi connectivity index (χ0v) is 11.2. The number of nitriles is 1. The molecule has 0 unspecified atom stereocenters. The Morgan fingerprint density at radius 2 is 2.00 bits per heavy atom. The van der Waals surface area contributed by atoms with Crippen LogP contribution in [0.15, 0.2) is 24.3 Å². The minimum atomic E-state index is -0.0278. The van der Waals surface area contributed by atoms with Gasteiger partial charge in [0.1, 0.15) is 0 Å². The SMILES string of the molecule is CC1CCN(C(=O)Nc2ccc(CC#N)cc2)CC1. The number of urea groups is 1. The van der Waals surface area contributed by atoms with E-state index in [2.05, 4.69) is 18.3 Å². The number of rotatable bonds is 2. The maximum absolute atomic E-state index is 12.0. The normalized spacial score (nSPS) is 15.9. The van der Waals surface area contributed by atoms with Crippen LogP contribution in [-0.2, 0) is 6.42 Å². The Bertz CT molecular complexity index is 467. The summed E-state index contributed by atoms with van der Waals surface area (Å²) in [5.74, 6) is 0.717. The van der Waals surface area contributed by atoms with Crippen molar-refractivity contribution in [3.8, 4) is 6.07 Å². The summed E-state index contributed by atoms with van der Waals surface area (Å²) < 4.78 is 0. The largest absolute Gasteiger partial charge is 0.325 e. The fraction of sp³-hybridized carbons (Fsp3) is 0.467. The third-order valence-electron chi connectivity index (χ3n) is 3.56. The number of anilines is 1. The van der Waals surface area contributed by atoms with Crippen molar-refractivity contribution < 1.29 is 4.79 Å². The first-order chi connectivity index (χ1) is 9.19. The first-order valence-corrected chi connectivity index (χ1v) is 6.71. The Balaban J connectivity index is 1.90. The summed E-state index contributed by atoms with van der Waals surface area (Å²) >= 11 is 0. The highest BCUT2D eigenvalue weighted by Crippen LogP contribution is 2.17. The average molecular weight is 257 g/mol. The molecule has 100 valence electrons. The molecule has 0 spiro atoms. The predicted molar refractivity (Wildman–Crippen MR) is 74.7 cm³/mol. The highest BCUT2D eigenvalue weighted by molar-refractivity contribution is 5.89. The highest BCUT2D eigenvalue weighted by Gasteiger charge is 2.19. The minimum Gasteiger partial charge on any atom is -0.325 e. The van der Waals surface area contributed by atoms with Crippen LogP contribution >= 0.6 is 0 Å². The molecule has 1 aliphatic rings. The van der Waals surface area contributed by atoms with Gasteiger partial charge >= 0.3 is 6.03 Å². The minimum absolute atomic E-state index is 0.0278. The number of carbonyl (C=O) groups excluding carboxylic acids is 1. The molecule has 0 saturated carbocycles. The molecule has 0 atom stereocenters. The molecule has 0 bridgehead atoms. The van der Waals surface area contributed by atoms with Crippen LogP contribution in [0, 0.1) is 17.2 Å². The fourth-order valence-electron chi connectivity index (χ4n) is 2.21. The average Bonchev–Trinajstić information content (AvgIpc) is 2.42. The van der Waals surface area contributed by atoms with Crippen molar-refractivity contribution in [3.63, 3.8) is 0 Å². The smallest absolute Gasteiger partial charge is 0.321 e.